The van der Waals surface area contributed by atoms with Crippen molar-refractivity contribution >= 4 is 6.21 Å². The Morgan fingerprint density at radius 1 is 1.36 bits per heavy atom. The molecular weight excluding hydrogens is 433 g/mol. The zero-order valence-electron chi connectivity index (χ0n) is 19.1. The molecule has 7 nitrogen and oxygen atoms in total. The molecule has 4 atom stereocenters. The van der Waals surface area contributed by atoms with Gasteiger partial charge in [-0.2, -0.15) is 23.4 Å². The number of aromatic nitrogens is 2. The first kappa shape index (κ1) is 24.9. The lowest BCUT2D eigenvalue weighted by Gasteiger charge is -2.30. The van der Waals surface area contributed by atoms with Gasteiger partial charge in [0.1, 0.15) is 5.69 Å². The van der Waals surface area contributed by atoms with Crippen LogP contribution in [0, 0.1) is 5.92 Å². The van der Waals surface area contributed by atoms with E-state index < -0.39 is 17.9 Å². The fraction of sp³-hybridized carbons (Fsp3) is 0.565. The number of nitrogens with zero attached hydrogens (tertiary/aromatic N) is 3. The van der Waals surface area contributed by atoms with Gasteiger partial charge < -0.3 is 20.4 Å². The first-order chi connectivity index (χ1) is 15.9. The second kappa shape index (κ2) is 11.9. The lowest BCUT2D eigenvalue weighted by molar-refractivity contribution is -0.141. The summed E-state index contributed by atoms with van der Waals surface area (Å²) < 4.78 is 45.7. The molecule has 2 aliphatic heterocycles. The topological polar surface area (TPSA) is 77.6 Å². The van der Waals surface area contributed by atoms with E-state index >= 15 is 0 Å². The number of hydrogen-bond acceptors (Lipinski definition) is 6. The molecule has 0 radical (unpaired) electrons. The number of hydrazone groups is 1. The van der Waals surface area contributed by atoms with Gasteiger partial charge in [-0.1, -0.05) is 38.0 Å². The highest BCUT2D eigenvalue weighted by molar-refractivity contribution is 5.66. The molecule has 0 bridgehead atoms. The van der Waals surface area contributed by atoms with Crippen LogP contribution in [-0.4, -0.2) is 53.2 Å². The molecule has 182 valence electrons. The third-order valence-corrected chi connectivity index (χ3v) is 5.60. The second-order valence-corrected chi connectivity index (χ2v) is 8.30. The second-order valence-electron chi connectivity index (χ2n) is 8.30. The highest BCUT2D eigenvalue weighted by Crippen LogP contribution is 2.33. The summed E-state index contributed by atoms with van der Waals surface area (Å²) in [6.07, 6.45) is 12.9. The molecule has 3 unspecified atom stereocenters. The number of halogens is 3. The van der Waals surface area contributed by atoms with Crippen LogP contribution < -0.4 is 10.7 Å². The number of hydrogen-bond donors (Lipinski definition) is 3. The zero-order chi connectivity index (χ0) is 23.7. The highest BCUT2D eigenvalue weighted by Gasteiger charge is 2.37. The van der Waals surface area contributed by atoms with Crippen molar-refractivity contribution in [2.24, 2.45) is 11.0 Å². The maximum absolute atomic E-state index is 13.4. The van der Waals surface area contributed by atoms with Gasteiger partial charge in [-0.15, -0.1) is 0 Å². The maximum Gasteiger partial charge on any atom is 0.433 e. The summed E-state index contributed by atoms with van der Waals surface area (Å²) in [6.45, 7) is 6.50. The van der Waals surface area contributed by atoms with Crippen LogP contribution in [0.1, 0.15) is 50.4 Å². The van der Waals surface area contributed by atoms with E-state index in [1.165, 1.54) is 6.20 Å². The number of morpholine rings is 1. The molecule has 0 spiro atoms. The van der Waals surface area contributed by atoms with Crippen LogP contribution in [0.4, 0.5) is 13.2 Å². The van der Waals surface area contributed by atoms with E-state index in [9.17, 15) is 13.2 Å². The van der Waals surface area contributed by atoms with Crippen molar-refractivity contribution in [3.05, 3.63) is 54.2 Å². The Morgan fingerprint density at radius 2 is 2.21 bits per heavy atom. The summed E-state index contributed by atoms with van der Waals surface area (Å²) >= 11 is 0. The van der Waals surface area contributed by atoms with Crippen molar-refractivity contribution in [1.29, 1.82) is 0 Å². The van der Waals surface area contributed by atoms with Crippen LogP contribution >= 0.6 is 0 Å². The van der Waals surface area contributed by atoms with Gasteiger partial charge >= 0.3 is 6.18 Å². The molecule has 0 amide bonds. The molecule has 33 heavy (non-hydrogen) atoms. The number of ether oxygens (including phenoxy) is 1. The molecule has 1 aromatic heterocycles. The molecular formula is C23H33F3N6O. The van der Waals surface area contributed by atoms with Crippen LogP contribution in [0.25, 0.3) is 0 Å². The van der Waals surface area contributed by atoms with Gasteiger partial charge in [0.15, 0.2) is 0 Å². The monoisotopic (exact) mass is 466 g/mol. The first-order valence-electron chi connectivity index (χ1n) is 11.4. The molecule has 1 saturated heterocycles. The van der Waals surface area contributed by atoms with Crippen LogP contribution in [0.2, 0.25) is 0 Å². The van der Waals surface area contributed by atoms with E-state index in [-0.39, 0.29) is 23.6 Å². The number of rotatable bonds is 10. The summed E-state index contributed by atoms with van der Waals surface area (Å²) in [5, 5.41) is 13.0. The third-order valence-electron chi connectivity index (χ3n) is 5.60. The van der Waals surface area contributed by atoms with Gasteiger partial charge in [-0.25, -0.2) is 0 Å². The zero-order valence-corrected chi connectivity index (χ0v) is 19.1. The fourth-order valence-corrected chi connectivity index (χ4v) is 3.76. The van der Waals surface area contributed by atoms with Gasteiger partial charge in [0.25, 0.3) is 0 Å². The molecule has 3 N–H and O–H groups in total. The maximum atomic E-state index is 13.4. The summed E-state index contributed by atoms with van der Waals surface area (Å²) in [7, 11) is 0. The first-order valence-corrected chi connectivity index (χ1v) is 11.4. The quantitative estimate of drug-likeness (QED) is 0.357. The molecule has 3 heterocycles. The Hall–Kier alpha value is -2.75. The van der Waals surface area contributed by atoms with E-state index in [1.807, 2.05) is 19.1 Å². The SMILES string of the molecule is CCCC/C=C/C(N/C=C/C1C=NNC1/C=C/N1CCO[C@H](C)C1)c1cn[nH]c1C(F)(F)F. The van der Waals surface area contributed by atoms with Gasteiger partial charge in [-0.3, -0.25) is 5.10 Å². The number of H-pyrrole nitrogens is 1. The lowest BCUT2D eigenvalue weighted by atomic mass is 10.0. The molecule has 2 aliphatic rings. The molecule has 0 aromatic carbocycles. The van der Waals surface area contributed by atoms with Crippen LogP contribution in [0.15, 0.2) is 48.0 Å². The van der Waals surface area contributed by atoms with Crippen LogP contribution in [0.3, 0.4) is 0 Å². The predicted molar refractivity (Wildman–Crippen MR) is 122 cm³/mol. The predicted octanol–water partition coefficient (Wildman–Crippen LogP) is 4.13. The Bertz CT molecular complexity index is 847. The summed E-state index contributed by atoms with van der Waals surface area (Å²) in [5.41, 5.74) is 2.30. The molecule has 1 fully saturated rings. The highest BCUT2D eigenvalue weighted by atomic mass is 19.4. The number of alkyl halides is 3. The van der Waals surface area contributed by atoms with Crippen LogP contribution in [-0.2, 0) is 10.9 Å². The van der Waals surface area contributed by atoms with Crippen molar-refractivity contribution in [1.82, 2.24) is 25.8 Å². The lowest BCUT2D eigenvalue weighted by Crippen LogP contribution is -2.38. The van der Waals surface area contributed by atoms with Gasteiger partial charge in [0.2, 0.25) is 0 Å². The average molecular weight is 467 g/mol. The number of allylic oxidation sites excluding steroid dienone is 1. The van der Waals surface area contributed by atoms with E-state index in [2.05, 4.69) is 50.1 Å². The van der Waals surface area contributed by atoms with Gasteiger partial charge in [0, 0.05) is 30.8 Å². The summed E-state index contributed by atoms with van der Waals surface area (Å²) in [6, 6.07) is -0.678. The van der Waals surface area contributed by atoms with Crippen molar-refractivity contribution < 1.29 is 17.9 Å². The van der Waals surface area contributed by atoms with Gasteiger partial charge in [0.05, 0.1) is 31.0 Å². The Kier molecular flexibility index (Phi) is 8.99. The normalized spacial score (nSPS) is 24.9. The van der Waals surface area contributed by atoms with Crippen molar-refractivity contribution in [3.8, 4) is 0 Å². The Morgan fingerprint density at radius 3 is 2.97 bits per heavy atom. The summed E-state index contributed by atoms with van der Waals surface area (Å²) in [5.74, 6) is -0.0247. The standard InChI is InChI=1S/C23H33F3N6O/c1-3-4-5-6-7-21(19-15-29-31-22(19)23(24,25)26)27-10-8-18-14-28-30-20(18)9-11-32-12-13-33-17(2)16-32/h6-11,14-15,17-18,20-21,27,30H,3-5,12-13,16H2,1-2H3,(H,29,31)/b7-6+,10-8+,11-9+/t17-,18?,20?,21?/m1/s1. The minimum Gasteiger partial charge on any atom is -0.381 e. The molecule has 1 aromatic rings. The Labute approximate surface area is 192 Å². The molecule has 3 rings (SSSR count). The van der Waals surface area contributed by atoms with Crippen molar-refractivity contribution in [2.45, 2.75) is 57.5 Å². The van der Waals surface area contributed by atoms with E-state index in [0.29, 0.717) is 6.61 Å². The number of nitrogens with one attached hydrogen (secondary N) is 3. The molecule has 0 aliphatic carbocycles. The molecule has 10 heteroatoms. The van der Waals surface area contributed by atoms with Crippen molar-refractivity contribution in [2.75, 3.05) is 19.7 Å². The molecule has 0 saturated carbocycles. The minimum atomic E-state index is -4.50. The van der Waals surface area contributed by atoms with Gasteiger partial charge in [-0.05, 0) is 31.8 Å². The van der Waals surface area contributed by atoms with E-state index in [1.54, 1.807) is 18.5 Å². The van der Waals surface area contributed by atoms with Crippen molar-refractivity contribution in [3.63, 3.8) is 0 Å². The largest absolute Gasteiger partial charge is 0.433 e. The number of unbranched alkanes of at least 4 members (excludes halogenated alkanes) is 2. The Balaban J connectivity index is 1.65. The minimum absolute atomic E-state index is 0.0247. The number of aromatic amines is 1. The third kappa shape index (κ3) is 7.38. The fourth-order valence-electron chi connectivity index (χ4n) is 3.76. The van der Waals surface area contributed by atoms with E-state index in [4.69, 9.17) is 4.74 Å². The summed E-state index contributed by atoms with van der Waals surface area (Å²) in [4.78, 5) is 2.21. The smallest absolute Gasteiger partial charge is 0.381 e. The van der Waals surface area contributed by atoms with E-state index in [0.717, 1.165) is 32.4 Å². The average Bonchev–Trinajstić information content (AvgIpc) is 3.43. The van der Waals surface area contributed by atoms with Crippen LogP contribution in [0.5, 0.6) is 0 Å².